The Kier molecular flexibility index (Phi) is 7.09. The van der Waals surface area contributed by atoms with Crippen LogP contribution in [0.4, 0.5) is 0 Å². The van der Waals surface area contributed by atoms with Crippen molar-refractivity contribution in [1.82, 2.24) is 0 Å². The Morgan fingerprint density at radius 2 is 1.43 bits per heavy atom. The summed E-state index contributed by atoms with van der Waals surface area (Å²) >= 11 is 0. The first-order valence-corrected chi connectivity index (χ1v) is 5.60. The first-order chi connectivity index (χ1) is 6.48. The molecule has 0 aliphatic rings. The highest BCUT2D eigenvalue weighted by Gasteiger charge is 2.21. The average Bonchev–Trinajstić information content (AvgIpc) is 2.09. The van der Waals surface area contributed by atoms with Gasteiger partial charge in [-0.25, -0.2) is 0 Å². The van der Waals surface area contributed by atoms with E-state index in [9.17, 15) is 0 Å². The van der Waals surface area contributed by atoms with E-state index in [-0.39, 0.29) is 6.04 Å². The van der Waals surface area contributed by atoms with Gasteiger partial charge in [0.15, 0.2) is 0 Å². The van der Waals surface area contributed by atoms with Gasteiger partial charge in [-0.05, 0) is 6.42 Å². The van der Waals surface area contributed by atoms with Crippen LogP contribution in [0.1, 0.15) is 51.9 Å². The molecule has 0 aromatic carbocycles. The van der Waals surface area contributed by atoms with Gasteiger partial charge in [0.2, 0.25) is 0 Å². The Morgan fingerprint density at radius 3 is 1.93 bits per heavy atom. The zero-order chi connectivity index (χ0) is 11.0. The first-order valence-electron chi connectivity index (χ1n) is 5.60. The van der Waals surface area contributed by atoms with Crippen LogP contribution < -0.4 is 22.9 Å². The number of rotatable bonds is 8. The zero-order valence-corrected chi connectivity index (χ0v) is 9.34. The van der Waals surface area contributed by atoms with Gasteiger partial charge >= 0.3 is 0 Å². The van der Waals surface area contributed by atoms with E-state index in [4.69, 9.17) is 22.9 Å². The van der Waals surface area contributed by atoms with Crippen LogP contribution in [0.5, 0.6) is 0 Å². The molecule has 0 heterocycles. The van der Waals surface area contributed by atoms with Crippen molar-refractivity contribution in [1.29, 1.82) is 0 Å². The van der Waals surface area contributed by atoms with Crippen LogP contribution in [0.2, 0.25) is 0 Å². The molecule has 0 amide bonds. The largest absolute Gasteiger partial charge is 0.324 e. The van der Waals surface area contributed by atoms with Crippen LogP contribution in [0, 0.1) is 0 Å². The molecule has 0 spiro atoms. The summed E-state index contributed by atoms with van der Waals surface area (Å²) in [6, 6.07) is -0.298. The van der Waals surface area contributed by atoms with Crippen LogP contribution in [0.15, 0.2) is 0 Å². The SMILES string of the molecule is CCCCCCCCC(N)C(N)(N)N. The van der Waals surface area contributed by atoms with Crippen molar-refractivity contribution in [2.45, 2.75) is 63.7 Å². The second-order valence-corrected chi connectivity index (χ2v) is 4.16. The van der Waals surface area contributed by atoms with Crippen molar-refractivity contribution in [2.75, 3.05) is 0 Å². The van der Waals surface area contributed by atoms with Gasteiger partial charge in [-0.2, -0.15) is 0 Å². The van der Waals surface area contributed by atoms with Gasteiger partial charge in [0.05, 0.1) is 0 Å². The Morgan fingerprint density at radius 1 is 0.929 bits per heavy atom. The molecule has 1 atom stereocenters. The molecule has 4 heteroatoms. The summed E-state index contributed by atoms with van der Waals surface area (Å²) in [6.45, 7) is 2.21. The monoisotopic (exact) mass is 202 g/mol. The molecular weight excluding hydrogens is 176 g/mol. The van der Waals surface area contributed by atoms with E-state index in [0.29, 0.717) is 0 Å². The summed E-state index contributed by atoms with van der Waals surface area (Å²) in [6.07, 6.45) is 8.26. The summed E-state index contributed by atoms with van der Waals surface area (Å²) in [7, 11) is 0. The molecule has 0 rings (SSSR count). The van der Waals surface area contributed by atoms with E-state index in [2.05, 4.69) is 6.92 Å². The number of unbranched alkanes of at least 4 members (excludes halogenated alkanes) is 5. The molecule has 0 bridgehead atoms. The lowest BCUT2D eigenvalue weighted by molar-refractivity contribution is 0.341. The minimum absolute atomic E-state index is 0.298. The van der Waals surface area contributed by atoms with Crippen molar-refractivity contribution in [2.24, 2.45) is 22.9 Å². The quantitative estimate of drug-likeness (QED) is 0.341. The van der Waals surface area contributed by atoms with Crippen LogP contribution in [0.25, 0.3) is 0 Å². The topological polar surface area (TPSA) is 104 Å². The fourth-order valence-corrected chi connectivity index (χ4v) is 1.39. The molecule has 0 saturated heterocycles. The van der Waals surface area contributed by atoms with Crippen LogP contribution >= 0.6 is 0 Å². The van der Waals surface area contributed by atoms with Gasteiger partial charge in [-0.1, -0.05) is 45.4 Å². The maximum Gasteiger partial charge on any atom is 0.131 e. The second kappa shape index (κ2) is 7.17. The maximum atomic E-state index is 5.72. The first kappa shape index (κ1) is 13.8. The third kappa shape index (κ3) is 7.26. The predicted molar refractivity (Wildman–Crippen MR) is 61.3 cm³/mol. The number of hydrogen-bond donors (Lipinski definition) is 4. The fraction of sp³-hybridized carbons (Fsp3) is 1.00. The molecule has 8 N–H and O–H groups in total. The Balaban J connectivity index is 3.28. The van der Waals surface area contributed by atoms with Gasteiger partial charge in [-0.3, -0.25) is 17.2 Å². The zero-order valence-electron chi connectivity index (χ0n) is 9.34. The molecule has 0 aromatic rings. The maximum absolute atomic E-state index is 5.72. The molecule has 14 heavy (non-hydrogen) atoms. The standard InChI is InChI=1S/C10H26N4/c1-2-3-4-5-6-7-8-9(11)10(12,13)14/h9H,2-8,11-14H2,1H3. The third-order valence-corrected chi connectivity index (χ3v) is 2.51. The number of hydrogen-bond acceptors (Lipinski definition) is 4. The third-order valence-electron chi connectivity index (χ3n) is 2.51. The Bertz CT molecular complexity index is 131. The fourth-order valence-electron chi connectivity index (χ4n) is 1.39. The van der Waals surface area contributed by atoms with Gasteiger partial charge in [-0.15, -0.1) is 0 Å². The van der Waals surface area contributed by atoms with Crippen molar-refractivity contribution < 1.29 is 0 Å². The molecule has 0 aromatic heterocycles. The minimum Gasteiger partial charge on any atom is -0.324 e. The lowest BCUT2D eigenvalue weighted by Gasteiger charge is -2.26. The van der Waals surface area contributed by atoms with E-state index in [1.165, 1.54) is 32.1 Å². The van der Waals surface area contributed by atoms with Crippen molar-refractivity contribution >= 4 is 0 Å². The predicted octanol–water partition coefficient (Wildman–Crippen LogP) is 0.594. The summed E-state index contributed by atoms with van der Waals surface area (Å²) in [5, 5.41) is 0. The van der Waals surface area contributed by atoms with E-state index in [0.717, 1.165) is 12.8 Å². The molecular formula is C10H26N4. The molecule has 0 saturated carbocycles. The average molecular weight is 202 g/mol. The summed E-state index contributed by atoms with van der Waals surface area (Å²) in [5.74, 6) is -1.22. The molecule has 0 aliphatic heterocycles. The van der Waals surface area contributed by atoms with Crippen molar-refractivity contribution in [3.05, 3.63) is 0 Å². The summed E-state index contributed by atoms with van der Waals surface area (Å²) < 4.78 is 0. The molecule has 0 aliphatic carbocycles. The molecule has 4 nitrogen and oxygen atoms in total. The van der Waals surface area contributed by atoms with E-state index < -0.39 is 5.79 Å². The normalized spacial score (nSPS) is 14.4. The van der Waals surface area contributed by atoms with E-state index in [1.54, 1.807) is 0 Å². The lowest BCUT2D eigenvalue weighted by atomic mass is 10.0. The van der Waals surface area contributed by atoms with Crippen LogP contribution in [-0.4, -0.2) is 11.8 Å². The van der Waals surface area contributed by atoms with Crippen LogP contribution in [-0.2, 0) is 0 Å². The Hall–Kier alpha value is -0.160. The minimum atomic E-state index is -1.22. The van der Waals surface area contributed by atoms with Crippen molar-refractivity contribution in [3.63, 3.8) is 0 Å². The molecule has 0 fully saturated rings. The Labute approximate surface area is 87.4 Å². The number of nitrogens with two attached hydrogens (primary N) is 4. The highest BCUT2D eigenvalue weighted by atomic mass is 15.2. The summed E-state index contributed by atoms with van der Waals surface area (Å²) in [5.41, 5.74) is 22.1. The highest BCUT2D eigenvalue weighted by molar-refractivity contribution is 4.81. The lowest BCUT2D eigenvalue weighted by Crippen LogP contribution is -2.68. The molecule has 0 radical (unpaired) electrons. The second-order valence-electron chi connectivity index (χ2n) is 4.16. The smallest absolute Gasteiger partial charge is 0.131 e. The van der Waals surface area contributed by atoms with Gasteiger partial charge in [0.1, 0.15) is 5.79 Å². The van der Waals surface area contributed by atoms with E-state index >= 15 is 0 Å². The van der Waals surface area contributed by atoms with Gasteiger partial charge in [0, 0.05) is 6.04 Å². The van der Waals surface area contributed by atoms with E-state index in [1.807, 2.05) is 0 Å². The molecule has 86 valence electrons. The molecule has 1 unspecified atom stereocenters. The van der Waals surface area contributed by atoms with Crippen LogP contribution in [0.3, 0.4) is 0 Å². The van der Waals surface area contributed by atoms with Crippen molar-refractivity contribution in [3.8, 4) is 0 Å². The highest BCUT2D eigenvalue weighted by Crippen LogP contribution is 2.09. The van der Waals surface area contributed by atoms with Gasteiger partial charge in [0.25, 0.3) is 0 Å². The summed E-state index contributed by atoms with van der Waals surface area (Å²) in [4.78, 5) is 0. The van der Waals surface area contributed by atoms with Gasteiger partial charge < -0.3 is 5.73 Å².